The Hall–Kier alpha value is -2.83. The molecule has 7 heteroatoms. The van der Waals surface area contributed by atoms with Gasteiger partial charge in [-0.2, -0.15) is 5.10 Å². The minimum atomic E-state index is -0.569. The second-order valence-electron chi connectivity index (χ2n) is 6.02. The number of cyclic esters (lactones) is 1. The van der Waals surface area contributed by atoms with Crippen LogP contribution in [0.15, 0.2) is 30.3 Å². The number of aromatic nitrogens is 2. The minimum Gasteiger partial charge on any atom is -0.447 e. The average Bonchev–Trinajstić information content (AvgIpc) is 3.16. The number of fused-ring (bicyclic) bond motifs is 1. The predicted octanol–water partition coefficient (Wildman–Crippen LogP) is 1.11. The summed E-state index contributed by atoms with van der Waals surface area (Å²) in [5.41, 5.74) is 4.28. The fourth-order valence-corrected chi connectivity index (χ4v) is 3.28. The third-order valence-electron chi connectivity index (χ3n) is 4.55. The summed E-state index contributed by atoms with van der Waals surface area (Å²) in [4.78, 5) is 25.5. The molecular formula is C17H18N4O3. The zero-order chi connectivity index (χ0) is 16.5. The van der Waals surface area contributed by atoms with Crippen molar-refractivity contribution in [3.8, 4) is 11.3 Å². The molecule has 2 aliphatic rings. The molecule has 0 spiro atoms. The summed E-state index contributed by atoms with van der Waals surface area (Å²) in [6.07, 6.45) is 0.940. The van der Waals surface area contributed by atoms with Gasteiger partial charge in [-0.3, -0.25) is 9.89 Å². The Kier molecular flexibility index (Phi) is 3.68. The first kappa shape index (κ1) is 14.7. The van der Waals surface area contributed by atoms with E-state index in [9.17, 15) is 9.59 Å². The Morgan fingerprint density at radius 3 is 2.75 bits per heavy atom. The second kappa shape index (κ2) is 5.99. The van der Waals surface area contributed by atoms with Crippen molar-refractivity contribution in [2.75, 3.05) is 19.7 Å². The lowest BCUT2D eigenvalue weighted by Gasteiger charge is -2.22. The van der Waals surface area contributed by atoms with Gasteiger partial charge in [0.1, 0.15) is 12.6 Å². The van der Waals surface area contributed by atoms with E-state index in [2.05, 4.69) is 15.5 Å². The highest BCUT2D eigenvalue weighted by Crippen LogP contribution is 2.26. The van der Waals surface area contributed by atoms with Gasteiger partial charge in [0.05, 0.1) is 5.69 Å². The van der Waals surface area contributed by atoms with E-state index in [0.29, 0.717) is 13.1 Å². The summed E-state index contributed by atoms with van der Waals surface area (Å²) in [6, 6.07) is 9.47. The van der Waals surface area contributed by atoms with Gasteiger partial charge in [0.15, 0.2) is 0 Å². The number of alkyl carbamates (subject to hydrolysis) is 1. The number of benzene rings is 1. The Labute approximate surface area is 139 Å². The molecule has 24 heavy (non-hydrogen) atoms. The quantitative estimate of drug-likeness (QED) is 0.865. The monoisotopic (exact) mass is 326 g/mol. The molecule has 1 saturated heterocycles. The molecule has 2 N–H and O–H groups in total. The van der Waals surface area contributed by atoms with Crippen molar-refractivity contribution in [2.45, 2.75) is 18.9 Å². The van der Waals surface area contributed by atoms with Gasteiger partial charge in [-0.05, 0) is 6.42 Å². The summed E-state index contributed by atoms with van der Waals surface area (Å²) in [6.45, 7) is 1.32. The fourth-order valence-electron chi connectivity index (χ4n) is 3.28. The number of hydrogen-bond donors (Lipinski definition) is 2. The number of nitrogens with one attached hydrogen (secondary N) is 2. The molecule has 0 unspecified atom stereocenters. The zero-order valence-corrected chi connectivity index (χ0v) is 13.1. The van der Waals surface area contributed by atoms with E-state index in [-0.39, 0.29) is 12.5 Å². The third-order valence-corrected chi connectivity index (χ3v) is 4.55. The van der Waals surface area contributed by atoms with E-state index < -0.39 is 12.1 Å². The number of nitrogens with zero attached hydrogens (tertiary/aromatic N) is 2. The Balaban J connectivity index is 1.52. The number of rotatable bonds is 2. The van der Waals surface area contributed by atoms with Gasteiger partial charge in [-0.1, -0.05) is 30.3 Å². The first-order valence-electron chi connectivity index (χ1n) is 8.06. The van der Waals surface area contributed by atoms with Gasteiger partial charge < -0.3 is 15.0 Å². The van der Waals surface area contributed by atoms with Gasteiger partial charge >= 0.3 is 6.09 Å². The van der Waals surface area contributed by atoms with Crippen LogP contribution >= 0.6 is 0 Å². The maximum atomic E-state index is 12.5. The highest BCUT2D eigenvalue weighted by molar-refractivity contribution is 5.88. The smallest absolute Gasteiger partial charge is 0.407 e. The molecule has 0 aliphatic carbocycles. The lowest BCUT2D eigenvalue weighted by atomic mass is 10.0. The van der Waals surface area contributed by atoms with E-state index in [1.165, 1.54) is 5.56 Å². The molecule has 1 aromatic carbocycles. The largest absolute Gasteiger partial charge is 0.447 e. The molecule has 2 amide bonds. The van der Waals surface area contributed by atoms with Crippen LogP contribution in [0, 0.1) is 0 Å². The van der Waals surface area contributed by atoms with E-state index in [1.807, 2.05) is 30.3 Å². The van der Waals surface area contributed by atoms with Crippen LogP contribution in [-0.2, 0) is 22.4 Å². The third kappa shape index (κ3) is 2.62. The molecule has 2 aliphatic heterocycles. The minimum absolute atomic E-state index is 0.0831. The Morgan fingerprint density at radius 1 is 1.21 bits per heavy atom. The van der Waals surface area contributed by atoms with Crippen LogP contribution in [0.1, 0.15) is 11.3 Å². The Bertz CT molecular complexity index is 771. The number of aromatic amines is 1. The number of amides is 2. The zero-order valence-electron chi connectivity index (χ0n) is 13.1. The SMILES string of the molecule is O=C1N[C@H](C(=O)N2CCc3[nH]nc(-c4ccccc4)c3CC2)CO1. The van der Waals surface area contributed by atoms with Crippen LogP contribution in [0.5, 0.6) is 0 Å². The summed E-state index contributed by atoms with van der Waals surface area (Å²) in [7, 11) is 0. The lowest BCUT2D eigenvalue weighted by Crippen LogP contribution is -2.46. The highest BCUT2D eigenvalue weighted by Gasteiger charge is 2.33. The molecule has 7 nitrogen and oxygen atoms in total. The Morgan fingerprint density at radius 2 is 2.00 bits per heavy atom. The highest BCUT2D eigenvalue weighted by atomic mass is 16.6. The standard InChI is InChI=1S/C17H18N4O3/c22-16(14-10-24-17(23)18-14)21-8-6-12-13(7-9-21)19-20-15(12)11-4-2-1-3-5-11/h1-5,14H,6-10H2,(H,18,23)(H,19,20)/t14-/m0/s1. The molecule has 1 aromatic heterocycles. The molecule has 0 radical (unpaired) electrons. The molecule has 1 atom stereocenters. The molecule has 0 saturated carbocycles. The van der Waals surface area contributed by atoms with Crippen LogP contribution in [0.3, 0.4) is 0 Å². The second-order valence-corrected chi connectivity index (χ2v) is 6.02. The van der Waals surface area contributed by atoms with Crippen molar-refractivity contribution in [3.05, 3.63) is 41.6 Å². The fraction of sp³-hybridized carbons (Fsp3) is 0.353. The maximum absolute atomic E-state index is 12.5. The lowest BCUT2D eigenvalue weighted by molar-refractivity contribution is -0.133. The predicted molar refractivity (Wildman–Crippen MR) is 86.3 cm³/mol. The van der Waals surface area contributed by atoms with Gasteiger partial charge in [-0.15, -0.1) is 0 Å². The molecule has 124 valence electrons. The number of hydrogen-bond acceptors (Lipinski definition) is 4. The normalized spacial score (nSPS) is 20.1. The number of ether oxygens (including phenoxy) is 1. The molecular weight excluding hydrogens is 308 g/mol. The summed E-state index contributed by atoms with van der Waals surface area (Å²) >= 11 is 0. The molecule has 1 fully saturated rings. The van der Waals surface area contributed by atoms with Crippen molar-refractivity contribution in [1.29, 1.82) is 0 Å². The molecule has 2 aromatic rings. The van der Waals surface area contributed by atoms with E-state index in [4.69, 9.17) is 4.74 Å². The summed E-state index contributed by atoms with van der Waals surface area (Å²) in [5, 5.41) is 10.1. The van der Waals surface area contributed by atoms with Crippen molar-refractivity contribution >= 4 is 12.0 Å². The van der Waals surface area contributed by atoms with Crippen LogP contribution in [-0.4, -0.2) is 52.8 Å². The number of H-pyrrole nitrogens is 1. The van der Waals surface area contributed by atoms with Crippen LogP contribution in [0.25, 0.3) is 11.3 Å². The molecule has 3 heterocycles. The van der Waals surface area contributed by atoms with Gasteiger partial charge in [0, 0.05) is 36.3 Å². The topological polar surface area (TPSA) is 87.3 Å². The van der Waals surface area contributed by atoms with Gasteiger partial charge in [0.25, 0.3) is 0 Å². The van der Waals surface area contributed by atoms with Crippen LogP contribution in [0.4, 0.5) is 4.79 Å². The summed E-state index contributed by atoms with van der Waals surface area (Å²) in [5.74, 6) is -0.0831. The van der Waals surface area contributed by atoms with Crippen LogP contribution < -0.4 is 5.32 Å². The first-order valence-corrected chi connectivity index (χ1v) is 8.06. The first-order chi connectivity index (χ1) is 11.7. The van der Waals surface area contributed by atoms with Crippen molar-refractivity contribution < 1.29 is 14.3 Å². The van der Waals surface area contributed by atoms with Crippen LogP contribution in [0.2, 0.25) is 0 Å². The molecule has 0 bridgehead atoms. The van der Waals surface area contributed by atoms with Gasteiger partial charge in [-0.25, -0.2) is 4.79 Å². The maximum Gasteiger partial charge on any atom is 0.407 e. The van der Waals surface area contributed by atoms with E-state index >= 15 is 0 Å². The van der Waals surface area contributed by atoms with Gasteiger partial charge in [0.2, 0.25) is 5.91 Å². The van der Waals surface area contributed by atoms with E-state index in [0.717, 1.165) is 29.8 Å². The summed E-state index contributed by atoms with van der Waals surface area (Å²) < 4.78 is 4.82. The number of carbonyl (C=O) groups excluding carboxylic acids is 2. The van der Waals surface area contributed by atoms with Crippen molar-refractivity contribution in [2.24, 2.45) is 0 Å². The van der Waals surface area contributed by atoms with E-state index in [1.54, 1.807) is 4.90 Å². The van der Waals surface area contributed by atoms with Crippen molar-refractivity contribution in [3.63, 3.8) is 0 Å². The average molecular weight is 326 g/mol. The van der Waals surface area contributed by atoms with Crippen molar-refractivity contribution in [1.82, 2.24) is 20.4 Å². The molecule has 4 rings (SSSR count). The number of carbonyl (C=O) groups is 2.